The van der Waals surface area contributed by atoms with Gasteiger partial charge in [-0.15, -0.1) is 0 Å². The van der Waals surface area contributed by atoms with Gasteiger partial charge in [-0.1, -0.05) is 0 Å². The topological polar surface area (TPSA) is 112 Å². The van der Waals surface area contributed by atoms with Crippen molar-refractivity contribution in [3.63, 3.8) is 0 Å². The van der Waals surface area contributed by atoms with Crippen molar-refractivity contribution >= 4 is 23.8 Å². The number of nitrogens with zero attached hydrogens (tertiary/aromatic N) is 1. The van der Waals surface area contributed by atoms with Gasteiger partial charge >= 0.3 is 11.9 Å². The summed E-state index contributed by atoms with van der Waals surface area (Å²) in [5.41, 5.74) is 0. The minimum absolute atomic E-state index is 0.302. The van der Waals surface area contributed by atoms with Crippen molar-refractivity contribution in [1.82, 2.24) is 4.90 Å². The number of aliphatic carboxylic acids is 2. The number of imide groups is 1. The maximum Gasteiger partial charge on any atom is 0.326 e. The van der Waals surface area contributed by atoms with Crippen LogP contribution in [0.15, 0.2) is 0 Å². The molecule has 90 valence electrons. The first-order chi connectivity index (χ1) is 7.27. The molecule has 2 N–H and O–H groups in total. The minimum atomic E-state index is -1.42. The normalized spacial score (nSPS) is 11.6. The van der Waals surface area contributed by atoms with Gasteiger partial charge in [-0.3, -0.25) is 19.3 Å². The molecule has 7 nitrogen and oxygen atoms in total. The summed E-state index contributed by atoms with van der Waals surface area (Å²) in [4.78, 5) is 43.8. The van der Waals surface area contributed by atoms with E-state index < -0.39 is 36.2 Å². The van der Waals surface area contributed by atoms with Gasteiger partial charge in [-0.05, 0) is 6.42 Å². The Morgan fingerprint density at radius 2 is 1.50 bits per heavy atom. The first-order valence-corrected chi connectivity index (χ1v) is 4.52. The van der Waals surface area contributed by atoms with E-state index in [9.17, 15) is 19.2 Å². The van der Waals surface area contributed by atoms with Gasteiger partial charge in [0, 0.05) is 20.3 Å². The van der Waals surface area contributed by atoms with Crippen LogP contribution in [0, 0.1) is 0 Å². The minimum Gasteiger partial charge on any atom is -0.481 e. The summed E-state index contributed by atoms with van der Waals surface area (Å²) in [7, 11) is 0. The number of carboxylic acids is 2. The second kappa shape index (κ2) is 5.84. The molecule has 0 bridgehead atoms. The van der Waals surface area contributed by atoms with Gasteiger partial charge in [-0.25, -0.2) is 4.79 Å². The first-order valence-electron chi connectivity index (χ1n) is 4.52. The van der Waals surface area contributed by atoms with Crippen LogP contribution in [-0.4, -0.2) is 44.9 Å². The smallest absolute Gasteiger partial charge is 0.326 e. The molecule has 2 amide bonds. The monoisotopic (exact) mass is 231 g/mol. The molecule has 0 aromatic heterocycles. The van der Waals surface area contributed by atoms with E-state index in [0.29, 0.717) is 4.90 Å². The fourth-order valence-corrected chi connectivity index (χ4v) is 1.28. The fraction of sp³-hybridized carbons (Fsp3) is 0.556. The summed E-state index contributed by atoms with van der Waals surface area (Å²) in [5, 5.41) is 17.2. The summed E-state index contributed by atoms with van der Waals surface area (Å²) in [6.45, 7) is 2.11. The molecule has 0 saturated heterocycles. The van der Waals surface area contributed by atoms with Crippen molar-refractivity contribution in [2.45, 2.75) is 32.7 Å². The lowest BCUT2D eigenvalue weighted by atomic mass is 10.1. The van der Waals surface area contributed by atoms with Gasteiger partial charge in [0.05, 0.1) is 0 Å². The zero-order valence-corrected chi connectivity index (χ0v) is 8.97. The van der Waals surface area contributed by atoms with E-state index in [-0.39, 0.29) is 6.42 Å². The predicted molar refractivity (Wildman–Crippen MR) is 51.5 cm³/mol. The van der Waals surface area contributed by atoms with Crippen LogP contribution >= 0.6 is 0 Å². The summed E-state index contributed by atoms with van der Waals surface area (Å²) < 4.78 is 0. The highest BCUT2D eigenvalue weighted by Crippen LogP contribution is 2.09. The van der Waals surface area contributed by atoms with E-state index in [2.05, 4.69) is 0 Å². The molecular weight excluding hydrogens is 218 g/mol. The summed E-state index contributed by atoms with van der Waals surface area (Å²) >= 11 is 0. The van der Waals surface area contributed by atoms with E-state index in [0.717, 1.165) is 13.8 Å². The molecule has 0 rings (SSSR count). The van der Waals surface area contributed by atoms with Crippen molar-refractivity contribution in [2.75, 3.05) is 0 Å². The van der Waals surface area contributed by atoms with Gasteiger partial charge in [0.2, 0.25) is 11.8 Å². The number of rotatable bonds is 5. The Balaban J connectivity index is 4.86. The van der Waals surface area contributed by atoms with Crippen LogP contribution in [0.5, 0.6) is 0 Å². The third-order valence-electron chi connectivity index (χ3n) is 1.91. The largest absolute Gasteiger partial charge is 0.481 e. The molecule has 0 fully saturated rings. The Labute approximate surface area is 91.7 Å². The van der Waals surface area contributed by atoms with Gasteiger partial charge in [0.25, 0.3) is 0 Å². The molecule has 0 aliphatic rings. The highest BCUT2D eigenvalue weighted by molar-refractivity contribution is 5.97. The van der Waals surface area contributed by atoms with Gasteiger partial charge in [-0.2, -0.15) is 0 Å². The van der Waals surface area contributed by atoms with Crippen molar-refractivity contribution in [3.05, 3.63) is 0 Å². The number of hydrogen-bond donors (Lipinski definition) is 2. The Bertz CT molecular complexity index is 310. The fourth-order valence-electron chi connectivity index (χ4n) is 1.28. The van der Waals surface area contributed by atoms with Crippen LogP contribution in [0.1, 0.15) is 26.7 Å². The Morgan fingerprint density at radius 1 is 1.06 bits per heavy atom. The Hall–Kier alpha value is -1.92. The van der Waals surface area contributed by atoms with Crippen molar-refractivity contribution in [1.29, 1.82) is 0 Å². The molecule has 0 aromatic carbocycles. The molecule has 0 heterocycles. The second-order valence-corrected chi connectivity index (χ2v) is 3.19. The third-order valence-corrected chi connectivity index (χ3v) is 1.91. The van der Waals surface area contributed by atoms with E-state index in [1.807, 2.05) is 0 Å². The summed E-state index contributed by atoms with van der Waals surface area (Å²) in [6.07, 6.45) is -0.724. The van der Waals surface area contributed by atoms with Gasteiger partial charge in [0.15, 0.2) is 0 Å². The van der Waals surface area contributed by atoms with E-state index in [1.165, 1.54) is 0 Å². The van der Waals surface area contributed by atoms with E-state index in [4.69, 9.17) is 10.2 Å². The molecule has 0 aliphatic carbocycles. The molecule has 0 radical (unpaired) electrons. The van der Waals surface area contributed by atoms with Crippen LogP contribution in [0.25, 0.3) is 0 Å². The van der Waals surface area contributed by atoms with Crippen LogP contribution in [0.4, 0.5) is 0 Å². The average molecular weight is 231 g/mol. The third kappa shape index (κ3) is 4.07. The number of carboxylic acid groups (broad SMARTS) is 2. The maximum atomic E-state index is 11.1. The standard InChI is InChI=1S/C9H13NO6/c1-5(11)10(6(2)12)7(9(15)16)3-4-8(13)14/h7H,3-4H2,1-2H3,(H,13,14)(H,15,16)/t7-/m1/s1. The van der Waals surface area contributed by atoms with Crippen LogP contribution in [0.3, 0.4) is 0 Å². The number of carbonyl (C=O) groups is 4. The lowest BCUT2D eigenvalue weighted by molar-refractivity contribution is -0.157. The number of amides is 2. The SMILES string of the molecule is CC(=O)N(C(C)=O)[C@H](CCC(=O)O)C(=O)O. The van der Waals surface area contributed by atoms with Crippen molar-refractivity contribution < 1.29 is 29.4 Å². The van der Waals surface area contributed by atoms with Gasteiger partial charge < -0.3 is 10.2 Å². The van der Waals surface area contributed by atoms with Crippen molar-refractivity contribution in [2.24, 2.45) is 0 Å². The quantitative estimate of drug-likeness (QED) is 0.671. The summed E-state index contributed by atoms with van der Waals surface area (Å²) in [6, 6.07) is -1.42. The zero-order chi connectivity index (χ0) is 12.9. The highest BCUT2D eigenvalue weighted by Gasteiger charge is 2.30. The average Bonchev–Trinajstić information content (AvgIpc) is 2.09. The first kappa shape index (κ1) is 14.1. The second-order valence-electron chi connectivity index (χ2n) is 3.19. The molecule has 0 aliphatic heterocycles. The number of hydrogen-bond acceptors (Lipinski definition) is 4. The molecule has 7 heteroatoms. The van der Waals surface area contributed by atoms with E-state index >= 15 is 0 Å². The molecule has 16 heavy (non-hydrogen) atoms. The van der Waals surface area contributed by atoms with Crippen molar-refractivity contribution in [3.8, 4) is 0 Å². The molecule has 0 saturated carbocycles. The molecule has 0 spiro atoms. The maximum absolute atomic E-state index is 11.1. The Morgan fingerprint density at radius 3 is 1.75 bits per heavy atom. The predicted octanol–water partition coefficient (Wildman–Crippen LogP) is -0.301. The molecular formula is C9H13NO6. The van der Waals surface area contributed by atoms with E-state index in [1.54, 1.807) is 0 Å². The van der Waals surface area contributed by atoms with Crippen LogP contribution in [-0.2, 0) is 19.2 Å². The molecule has 1 atom stereocenters. The van der Waals surface area contributed by atoms with Gasteiger partial charge in [0.1, 0.15) is 6.04 Å². The number of carbonyl (C=O) groups excluding carboxylic acids is 2. The molecule has 0 aromatic rings. The van der Waals surface area contributed by atoms with Crippen LogP contribution < -0.4 is 0 Å². The summed E-state index contributed by atoms with van der Waals surface area (Å²) in [5.74, 6) is -4.01. The zero-order valence-electron chi connectivity index (χ0n) is 8.97. The molecule has 0 unspecified atom stereocenters. The Kier molecular flexibility index (Phi) is 5.14. The lowest BCUT2D eigenvalue weighted by Gasteiger charge is -2.24. The van der Waals surface area contributed by atoms with Crippen LogP contribution in [0.2, 0.25) is 0 Å². The highest BCUT2D eigenvalue weighted by atomic mass is 16.4. The lowest BCUT2D eigenvalue weighted by Crippen LogP contribution is -2.47.